The van der Waals surface area contributed by atoms with Crippen LogP contribution < -0.4 is 10.9 Å². The van der Waals surface area contributed by atoms with E-state index in [0.717, 1.165) is 21.9 Å². The Morgan fingerprint density at radius 1 is 1.29 bits per heavy atom. The first-order chi connectivity index (χ1) is 13.5. The minimum absolute atomic E-state index is 0.124. The maximum absolute atomic E-state index is 12.9. The standard InChI is InChI=1S/C18H17N5O2S3/c1-10(2)6-14-21-22-18(28-14)20-13(24)7-23-9-19-16-15(17(23)25)11(8-27-16)12-4-3-5-26-12/h3-5,8-10H,6-7H2,1-2H3,(H,20,22,24). The van der Waals surface area contributed by atoms with E-state index >= 15 is 0 Å². The molecular formula is C18H17N5O2S3. The molecule has 0 radical (unpaired) electrons. The highest BCUT2D eigenvalue weighted by atomic mass is 32.1. The Balaban J connectivity index is 1.55. The summed E-state index contributed by atoms with van der Waals surface area (Å²) in [7, 11) is 0. The molecule has 0 bridgehead atoms. The maximum atomic E-state index is 12.9. The number of carbonyl (C=O) groups excluding carboxylic acids is 1. The van der Waals surface area contributed by atoms with Crippen LogP contribution in [0, 0.1) is 5.92 Å². The summed E-state index contributed by atoms with van der Waals surface area (Å²) in [6.07, 6.45) is 2.24. The molecule has 0 aliphatic carbocycles. The molecule has 0 saturated heterocycles. The van der Waals surface area contributed by atoms with Gasteiger partial charge in [-0.3, -0.25) is 19.5 Å². The normalized spacial score (nSPS) is 11.4. The van der Waals surface area contributed by atoms with Crippen molar-refractivity contribution in [1.29, 1.82) is 0 Å². The van der Waals surface area contributed by atoms with Gasteiger partial charge >= 0.3 is 0 Å². The number of carbonyl (C=O) groups is 1. The van der Waals surface area contributed by atoms with Crippen LogP contribution in [-0.4, -0.2) is 25.7 Å². The molecule has 4 aromatic heterocycles. The summed E-state index contributed by atoms with van der Waals surface area (Å²) in [4.78, 5) is 31.4. The van der Waals surface area contributed by atoms with Crippen molar-refractivity contribution in [3.05, 3.63) is 44.6 Å². The molecule has 28 heavy (non-hydrogen) atoms. The molecule has 0 unspecified atom stereocenters. The van der Waals surface area contributed by atoms with Gasteiger partial charge < -0.3 is 0 Å². The Labute approximate surface area is 172 Å². The van der Waals surface area contributed by atoms with E-state index in [1.165, 1.54) is 33.6 Å². The first-order valence-electron chi connectivity index (χ1n) is 8.64. The second-order valence-corrected chi connectivity index (χ2v) is 9.50. The topological polar surface area (TPSA) is 89.8 Å². The van der Waals surface area contributed by atoms with Crippen molar-refractivity contribution < 1.29 is 4.79 Å². The van der Waals surface area contributed by atoms with Crippen LogP contribution in [0.15, 0.2) is 34.0 Å². The highest BCUT2D eigenvalue weighted by molar-refractivity contribution is 7.18. The third-order valence-electron chi connectivity index (χ3n) is 3.96. The van der Waals surface area contributed by atoms with Crippen LogP contribution in [0.4, 0.5) is 5.13 Å². The van der Waals surface area contributed by atoms with E-state index in [1.54, 1.807) is 11.3 Å². The van der Waals surface area contributed by atoms with E-state index in [2.05, 4.69) is 34.3 Å². The van der Waals surface area contributed by atoms with E-state index in [-0.39, 0.29) is 18.0 Å². The van der Waals surface area contributed by atoms with E-state index in [0.29, 0.717) is 21.3 Å². The van der Waals surface area contributed by atoms with Gasteiger partial charge in [0, 0.05) is 22.2 Å². The third kappa shape index (κ3) is 3.89. The number of fused-ring (bicyclic) bond motifs is 1. The Morgan fingerprint density at radius 3 is 2.89 bits per heavy atom. The summed E-state index contributed by atoms with van der Waals surface area (Å²) in [6, 6.07) is 3.92. The molecule has 0 saturated carbocycles. The van der Waals surface area contributed by atoms with E-state index in [9.17, 15) is 9.59 Å². The maximum Gasteiger partial charge on any atom is 0.263 e. The molecule has 4 heterocycles. The van der Waals surface area contributed by atoms with Gasteiger partial charge in [-0.25, -0.2) is 4.98 Å². The summed E-state index contributed by atoms with van der Waals surface area (Å²) < 4.78 is 1.33. The van der Waals surface area contributed by atoms with Crippen molar-refractivity contribution in [1.82, 2.24) is 19.7 Å². The molecule has 0 atom stereocenters. The minimum atomic E-state index is -0.330. The molecule has 4 rings (SSSR count). The molecule has 1 N–H and O–H groups in total. The first kappa shape index (κ1) is 18.9. The second kappa shape index (κ2) is 7.90. The van der Waals surface area contributed by atoms with E-state index in [1.807, 2.05) is 22.9 Å². The number of rotatable bonds is 6. The number of hydrogen-bond acceptors (Lipinski definition) is 8. The first-order valence-corrected chi connectivity index (χ1v) is 11.2. The van der Waals surface area contributed by atoms with E-state index < -0.39 is 0 Å². The highest BCUT2D eigenvalue weighted by Gasteiger charge is 2.16. The number of anilines is 1. The largest absolute Gasteiger partial charge is 0.299 e. The number of nitrogens with zero attached hydrogens (tertiary/aromatic N) is 4. The van der Waals surface area contributed by atoms with Crippen molar-refractivity contribution in [2.75, 3.05) is 5.32 Å². The van der Waals surface area contributed by atoms with Gasteiger partial charge in [-0.05, 0) is 17.4 Å². The molecule has 0 aliphatic heterocycles. The lowest BCUT2D eigenvalue weighted by molar-refractivity contribution is -0.116. The Kier molecular flexibility index (Phi) is 5.33. The highest BCUT2D eigenvalue weighted by Crippen LogP contribution is 2.33. The Morgan fingerprint density at radius 2 is 2.14 bits per heavy atom. The van der Waals surface area contributed by atoms with Gasteiger partial charge in [0.15, 0.2) is 0 Å². The second-order valence-electron chi connectivity index (χ2n) is 6.63. The summed E-state index contributed by atoms with van der Waals surface area (Å²) in [5, 5.41) is 16.6. The third-order valence-corrected chi connectivity index (χ3v) is 6.61. The molecule has 4 aromatic rings. The fourth-order valence-electron chi connectivity index (χ4n) is 2.74. The van der Waals surface area contributed by atoms with Crippen LogP contribution in [0.3, 0.4) is 0 Å². The van der Waals surface area contributed by atoms with Crippen LogP contribution >= 0.6 is 34.0 Å². The summed E-state index contributed by atoms with van der Waals surface area (Å²) in [6.45, 7) is 4.08. The van der Waals surface area contributed by atoms with Crippen molar-refractivity contribution in [3.63, 3.8) is 0 Å². The monoisotopic (exact) mass is 431 g/mol. The minimum Gasteiger partial charge on any atom is -0.299 e. The van der Waals surface area contributed by atoms with Gasteiger partial charge in [0.25, 0.3) is 5.56 Å². The summed E-state index contributed by atoms with van der Waals surface area (Å²) in [5.74, 6) is 0.138. The fourth-order valence-corrected chi connectivity index (χ4v) is 5.43. The van der Waals surface area contributed by atoms with Gasteiger partial charge in [0.05, 0.1) is 11.7 Å². The van der Waals surface area contributed by atoms with Crippen molar-refractivity contribution in [2.24, 2.45) is 5.92 Å². The number of aromatic nitrogens is 4. The van der Waals surface area contributed by atoms with Crippen LogP contribution in [0.5, 0.6) is 0 Å². The zero-order valence-electron chi connectivity index (χ0n) is 15.2. The van der Waals surface area contributed by atoms with Crippen LogP contribution in [0.25, 0.3) is 20.7 Å². The lowest BCUT2D eigenvalue weighted by Gasteiger charge is -2.05. The van der Waals surface area contributed by atoms with Gasteiger partial charge in [-0.2, -0.15) is 0 Å². The predicted molar refractivity (Wildman–Crippen MR) is 114 cm³/mol. The Bertz CT molecular complexity index is 1170. The molecule has 144 valence electrons. The summed E-state index contributed by atoms with van der Waals surface area (Å²) in [5.41, 5.74) is 0.646. The van der Waals surface area contributed by atoms with Gasteiger partial charge in [0.1, 0.15) is 16.4 Å². The van der Waals surface area contributed by atoms with Gasteiger partial charge in [-0.1, -0.05) is 31.3 Å². The molecule has 0 aliphatic rings. The average Bonchev–Trinajstić information content (AvgIpc) is 3.37. The van der Waals surface area contributed by atoms with Crippen LogP contribution in [0.1, 0.15) is 18.9 Å². The smallest absolute Gasteiger partial charge is 0.263 e. The lowest BCUT2D eigenvalue weighted by atomic mass is 10.1. The van der Waals surface area contributed by atoms with E-state index in [4.69, 9.17) is 0 Å². The quantitative estimate of drug-likeness (QED) is 0.500. The number of amides is 1. The fraction of sp³-hybridized carbons (Fsp3) is 0.278. The SMILES string of the molecule is CC(C)Cc1nnc(NC(=O)Cn2cnc3scc(-c4cccs4)c3c2=O)s1. The predicted octanol–water partition coefficient (Wildman–Crippen LogP) is 3.88. The van der Waals surface area contributed by atoms with Gasteiger partial charge in [0.2, 0.25) is 11.0 Å². The van der Waals surface area contributed by atoms with Crippen molar-refractivity contribution in [2.45, 2.75) is 26.8 Å². The zero-order valence-corrected chi connectivity index (χ0v) is 17.7. The molecule has 10 heteroatoms. The lowest BCUT2D eigenvalue weighted by Crippen LogP contribution is -2.27. The molecule has 0 aromatic carbocycles. The molecule has 0 fully saturated rings. The molecule has 1 amide bonds. The zero-order chi connectivity index (χ0) is 19.7. The Hall–Kier alpha value is -2.43. The van der Waals surface area contributed by atoms with Crippen molar-refractivity contribution in [3.8, 4) is 10.4 Å². The number of thiophene rings is 2. The number of hydrogen-bond donors (Lipinski definition) is 1. The van der Waals surface area contributed by atoms with Crippen molar-refractivity contribution >= 4 is 55.3 Å². The molecule has 7 nitrogen and oxygen atoms in total. The van der Waals surface area contributed by atoms with Crippen LogP contribution in [-0.2, 0) is 17.8 Å². The molecule has 0 spiro atoms. The van der Waals surface area contributed by atoms with Gasteiger partial charge in [-0.15, -0.1) is 32.9 Å². The summed E-state index contributed by atoms with van der Waals surface area (Å²) >= 11 is 4.35. The average molecular weight is 432 g/mol. The number of nitrogens with one attached hydrogen (secondary N) is 1. The van der Waals surface area contributed by atoms with Crippen LogP contribution in [0.2, 0.25) is 0 Å². The molecular weight excluding hydrogens is 414 g/mol.